The van der Waals surface area contributed by atoms with E-state index in [0.29, 0.717) is 55.2 Å². The van der Waals surface area contributed by atoms with Gasteiger partial charge in [-0.25, -0.2) is 4.39 Å². The molecule has 1 aromatic carbocycles. The normalized spacial score (nSPS) is 15.7. The van der Waals surface area contributed by atoms with Crippen LogP contribution in [0.2, 0.25) is 0 Å². The van der Waals surface area contributed by atoms with E-state index >= 15 is 0 Å². The van der Waals surface area contributed by atoms with Gasteiger partial charge >= 0.3 is 0 Å². The smallest absolute Gasteiger partial charge is 0.254 e. The zero-order valence-corrected chi connectivity index (χ0v) is 17.6. The van der Waals surface area contributed by atoms with Gasteiger partial charge in [0.15, 0.2) is 5.82 Å². The van der Waals surface area contributed by atoms with Gasteiger partial charge in [-0.1, -0.05) is 12.6 Å². The molecule has 0 saturated carbocycles. The number of benzene rings is 1. The lowest BCUT2D eigenvalue weighted by atomic mass is 10.1. The summed E-state index contributed by atoms with van der Waals surface area (Å²) in [7, 11) is 1.82. The summed E-state index contributed by atoms with van der Waals surface area (Å²) < 4.78 is 15.5. The first-order valence-corrected chi connectivity index (χ1v) is 9.86. The number of hydrogen-bond acceptors (Lipinski definition) is 5. The topological polar surface area (TPSA) is 83.4 Å². The first-order valence-electron chi connectivity index (χ1n) is 9.86. The van der Waals surface area contributed by atoms with Gasteiger partial charge in [0.05, 0.1) is 6.04 Å². The molecule has 1 saturated heterocycles. The van der Waals surface area contributed by atoms with Crippen molar-refractivity contribution in [1.82, 2.24) is 29.9 Å². The van der Waals surface area contributed by atoms with Crippen LogP contribution in [0.5, 0.6) is 0 Å². The van der Waals surface area contributed by atoms with E-state index in [9.17, 15) is 14.0 Å². The molecule has 2 heterocycles. The number of carbonyl (C=O) groups excluding carboxylic acids is 2. The Bertz CT molecular complexity index is 949. The molecule has 1 aromatic heterocycles. The third-order valence-electron chi connectivity index (χ3n) is 5.30. The van der Waals surface area contributed by atoms with Crippen LogP contribution in [0.1, 0.15) is 34.7 Å². The molecule has 9 heteroatoms. The van der Waals surface area contributed by atoms with Crippen molar-refractivity contribution in [2.75, 3.05) is 32.7 Å². The average molecular weight is 414 g/mol. The SMILES string of the molecule is C=C(CN1CCN(C(=O)c2ccc(C)c(F)c2)CC1)C(=O)NC(C)c1nncn1C. The predicted molar refractivity (Wildman–Crippen MR) is 110 cm³/mol. The Balaban J connectivity index is 1.48. The lowest BCUT2D eigenvalue weighted by molar-refractivity contribution is -0.118. The van der Waals surface area contributed by atoms with Gasteiger partial charge in [0.2, 0.25) is 5.91 Å². The minimum absolute atomic E-state index is 0.178. The van der Waals surface area contributed by atoms with Crippen molar-refractivity contribution in [3.8, 4) is 0 Å². The van der Waals surface area contributed by atoms with Crippen molar-refractivity contribution in [2.24, 2.45) is 7.05 Å². The summed E-state index contributed by atoms with van der Waals surface area (Å²) in [4.78, 5) is 28.8. The maximum atomic E-state index is 13.8. The molecule has 0 radical (unpaired) electrons. The molecule has 2 amide bonds. The fraction of sp³-hybridized carbons (Fsp3) is 0.429. The number of nitrogens with zero attached hydrogens (tertiary/aromatic N) is 5. The van der Waals surface area contributed by atoms with Crippen LogP contribution in [0.15, 0.2) is 36.7 Å². The van der Waals surface area contributed by atoms with Gasteiger partial charge in [0.1, 0.15) is 12.1 Å². The molecule has 0 aliphatic carbocycles. The van der Waals surface area contributed by atoms with Gasteiger partial charge in [-0.2, -0.15) is 0 Å². The van der Waals surface area contributed by atoms with E-state index in [4.69, 9.17) is 0 Å². The first kappa shape index (κ1) is 21.6. The summed E-state index contributed by atoms with van der Waals surface area (Å²) >= 11 is 0. The Hall–Kier alpha value is -3.07. The van der Waals surface area contributed by atoms with E-state index < -0.39 is 0 Å². The third kappa shape index (κ3) is 4.91. The van der Waals surface area contributed by atoms with Crippen molar-refractivity contribution < 1.29 is 14.0 Å². The van der Waals surface area contributed by atoms with Gasteiger partial charge in [0.25, 0.3) is 5.91 Å². The maximum absolute atomic E-state index is 13.8. The molecule has 1 atom stereocenters. The molecule has 1 aliphatic heterocycles. The lowest BCUT2D eigenvalue weighted by Crippen LogP contribution is -2.49. The summed E-state index contributed by atoms with van der Waals surface area (Å²) in [6.07, 6.45) is 1.58. The predicted octanol–water partition coefficient (Wildman–Crippen LogP) is 1.45. The van der Waals surface area contributed by atoms with Crippen LogP contribution in [0, 0.1) is 12.7 Å². The van der Waals surface area contributed by atoms with Gasteiger partial charge < -0.3 is 14.8 Å². The van der Waals surface area contributed by atoms with Crippen LogP contribution in [-0.2, 0) is 11.8 Å². The zero-order chi connectivity index (χ0) is 21.8. The van der Waals surface area contributed by atoms with Gasteiger partial charge in [0, 0.05) is 50.9 Å². The molecule has 1 unspecified atom stereocenters. The molecule has 1 N–H and O–H groups in total. The highest BCUT2D eigenvalue weighted by atomic mass is 19.1. The highest BCUT2D eigenvalue weighted by Crippen LogP contribution is 2.14. The van der Waals surface area contributed by atoms with Crippen LogP contribution in [-0.4, -0.2) is 69.1 Å². The highest BCUT2D eigenvalue weighted by Gasteiger charge is 2.24. The van der Waals surface area contributed by atoms with Crippen LogP contribution in [0.4, 0.5) is 4.39 Å². The van der Waals surface area contributed by atoms with Gasteiger partial charge in [-0.05, 0) is 31.5 Å². The molecule has 8 nitrogen and oxygen atoms in total. The molecule has 30 heavy (non-hydrogen) atoms. The quantitative estimate of drug-likeness (QED) is 0.724. The minimum atomic E-state index is -0.377. The second kappa shape index (κ2) is 9.17. The highest BCUT2D eigenvalue weighted by molar-refractivity contribution is 5.94. The molecule has 2 aromatic rings. The zero-order valence-electron chi connectivity index (χ0n) is 17.6. The van der Waals surface area contributed by atoms with E-state index in [-0.39, 0.29) is 23.7 Å². The van der Waals surface area contributed by atoms with Crippen LogP contribution >= 0.6 is 0 Å². The number of piperazine rings is 1. The molecule has 3 rings (SSSR count). The fourth-order valence-corrected chi connectivity index (χ4v) is 3.41. The van der Waals surface area contributed by atoms with Crippen molar-refractivity contribution in [3.05, 3.63) is 59.4 Å². The third-order valence-corrected chi connectivity index (χ3v) is 5.30. The fourth-order valence-electron chi connectivity index (χ4n) is 3.41. The summed E-state index contributed by atoms with van der Waals surface area (Å²) in [5.74, 6) is -0.130. The number of hydrogen-bond donors (Lipinski definition) is 1. The molecule has 0 bridgehead atoms. The Morgan fingerprint density at radius 3 is 2.57 bits per heavy atom. The number of halogens is 1. The minimum Gasteiger partial charge on any atom is -0.343 e. The molecule has 0 spiro atoms. The Morgan fingerprint density at radius 2 is 1.97 bits per heavy atom. The van der Waals surface area contributed by atoms with E-state index in [1.807, 2.05) is 14.0 Å². The van der Waals surface area contributed by atoms with Crippen molar-refractivity contribution in [2.45, 2.75) is 19.9 Å². The van der Waals surface area contributed by atoms with Crippen LogP contribution < -0.4 is 5.32 Å². The van der Waals surface area contributed by atoms with E-state index in [1.165, 1.54) is 6.07 Å². The van der Waals surface area contributed by atoms with Crippen LogP contribution in [0.25, 0.3) is 0 Å². The van der Waals surface area contributed by atoms with Crippen LogP contribution in [0.3, 0.4) is 0 Å². The number of carbonyl (C=O) groups is 2. The van der Waals surface area contributed by atoms with Gasteiger partial charge in [-0.15, -0.1) is 10.2 Å². The largest absolute Gasteiger partial charge is 0.343 e. The molecule has 1 fully saturated rings. The average Bonchev–Trinajstić information content (AvgIpc) is 3.16. The Morgan fingerprint density at radius 1 is 1.27 bits per heavy atom. The molecular weight excluding hydrogens is 387 g/mol. The van der Waals surface area contributed by atoms with Crippen molar-refractivity contribution in [1.29, 1.82) is 0 Å². The van der Waals surface area contributed by atoms with Crippen molar-refractivity contribution >= 4 is 11.8 Å². The number of nitrogens with one attached hydrogen (secondary N) is 1. The monoisotopic (exact) mass is 414 g/mol. The summed E-state index contributed by atoms with van der Waals surface area (Å²) in [6.45, 7) is 10.1. The first-order chi connectivity index (χ1) is 14.3. The number of aromatic nitrogens is 3. The van der Waals surface area contributed by atoms with Crippen molar-refractivity contribution in [3.63, 3.8) is 0 Å². The second-order valence-corrected chi connectivity index (χ2v) is 7.63. The molecular formula is C21H27FN6O2. The number of amides is 2. The second-order valence-electron chi connectivity index (χ2n) is 7.63. The Kier molecular flexibility index (Phi) is 6.61. The summed E-state index contributed by atoms with van der Waals surface area (Å²) in [5.41, 5.74) is 1.32. The standard InChI is InChI=1S/C21H27FN6O2/c1-14-5-6-17(11-18(14)22)21(30)28-9-7-27(8-10-28)12-15(2)20(29)24-16(3)19-25-23-13-26(19)4/h5-6,11,13,16H,2,7-10,12H2,1,3-4H3,(H,24,29). The summed E-state index contributed by atoms with van der Waals surface area (Å²) in [6, 6.07) is 4.27. The maximum Gasteiger partial charge on any atom is 0.254 e. The summed E-state index contributed by atoms with van der Waals surface area (Å²) in [5, 5.41) is 10.7. The lowest BCUT2D eigenvalue weighted by Gasteiger charge is -2.35. The number of rotatable bonds is 6. The van der Waals surface area contributed by atoms with E-state index in [1.54, 1.807) is 34.9 Å². The van der Waals surface area contributed by atoms with E-state index in [0.717, 1.165) is 0 Å². The Labute approximate surface area is 175 Å². The van der Waals surface area contributed by atoms with Gasteiger partial charge in [-0.3, -0.25) is 14.5 Å². The molecule has 1 aliphatic rings. The van der Waals surface area contributed by atoms with E-state index in [2.05, 4.69) is 27.0 Å². The number of aryl methyl sites for hydroxylation is 2. The molecule has 160 valence electrons.